The number of carboxylic acids is 2. The molecule has 140 valence electrons. The number of carboxylic acid groups (broad SMARTS) is 2. The Morgan fingerprint density at radius 3 is 1.92 bits per heavy atom. The van der Waals surface area contributed by atoms with Gasteiger partial charge in [-0.15, -0.1) is 0 Å². The second-order valence-electron chi connectivity index (χ2n) is 6.29. The Kier molecular flexibility index (Phi) is 7.18. The summed E-state index contributed by atoms with van der Waals surface area (Å²) in [6.07, 6.45) is -2.23. The molecule has 0 aliphatic rings. The van der Waals surface area contributed by atoms with Crippen molar-refractivity contribution in [2.45, 2.75) is 57.8 Å². The average Bonchev–Trinajstić information content (AvgIpc) is 2.28. The molecule has 0 aromatic rings. The van der Waals surface area contributed by atoms with Gasteiger partial charge in [0.25, 0.3) is 10.1 Å². The molecule has 0 fully saturated rings. The number of hydrogen-bond acceptors (Lipinski definition) is 7. The van der Waals surface area contributed by atoms with Crippen LogP contribution in [0.2, 0.25) is 0 Å². The molecule has 0 aliphatic heterocycles. The lowest BCUT2D eigenvalue weighted by atomic mass is 9.92. The van der Waals surface area contributed by atoms with Gasteiger partial charge < -0.3 is 14.9 Å². The number of amides is 1. The molecule has 0 saturated carbocycles. The van der Waals surface area contributed by atoms with Gasteiger partial charge in [-0.05, 0) is 40.5 Å². The zero-order chi connectivity index (χ0) is 19.3. The molecule has 0 spiro atoms. The molecule has 0 aliphatic carbocycles. The molecular formula is C13H23NO9S. The zero-order valence-electron chi connectivity index (χ0n) is 14.2. The number of rotatable bonds is 8. The van der Waals surface area contributed by atoms with E-state index >= 15 is 0 Å². The van der Waals surface area contributed by atoms with Crippen molar-refractivity contribution < 1.29 is 41.9 Å². The van der Waals surface area contributed by atoms with Crippen molar-refractivity contribution in [1.82, 2.24) is 5.32 Å². The summed E-state index contributed by atoms with van der Waals surface area (Å²) in [6, 6.07) is 0. The standard InChI is InChI=1S/C13H23NO9S/c1-8(23-24(5,20)21)6-7-13(9(15)16,10(17)18)14-11(19)22-12(2,3)4/h8H,6-7H2,1-5H3,(H,14,19)(H,15,16)(H,17,18). The largest absolute Gasteiger partial charge is 0.479 e. The van der Waals surface area contributed by atoms with Crippen LogP contribution in [0.5, 0.6) is 0 Å². The third kappa shape index (κ3) is 7.59. The van der Waals surface area contributed by atoms with Gasteiger partial charge in [-0.2, -0.15) is 8.42 Å². The van der Waals surface area contributed by atoms with Crippen LogP contribution in [0.15, 0.2) is 0 Å². The van der Waals surface area contributed by atoms with Crippen LogP contribution in [-0.4, -0.2) is 60.2 Å². The van der Waals surface area contributed by atoms with E-state index in [2.05, 4.69) is 4.18 Å². The molecule has 1 unspecified atom stereocenters. The Labute approximate surface area is 140 Å². The molecule has 0 radical (unpaired) electrons. The first kappa shape index (κ1) is 22.1. The van der Waals surface area contributed by atoms with Gasteiger partial charge in [0.15, 0.2) is 0 Å². The van der Waals surface area contributed by atoms with Crippen LogP contribution in [0.1, 0.15) is 40.5 Å². The first-order valence-corrected chi connectivity index (χ1v) is 8.77. The van der Waals surface area contributed by atoms with Crippen molar-refractivity contribution in [1.29, 1.82) is 0 Å². The monoisotopic (exact) mass is 369 g/mol. The molecule has 11 heteroatoms. The van der Waals surface area contributed by atoms with Crippen molar-refractivity contribution in [3.05, 3.63) is 0 Å². The lowest BCUT2D eigenvalue weighted by molar-refractivity contribution is -0.159. The predicted octanol–water partition coefficient (Wildman–Crippen LogP) is 0.564. The third-order valence-corrected chi connectivity index (χ3v) is 3.39. The smallest absolute Gasteiger partial charge is 0.409 e. The SMILES string of the molecule is CC(CCC(NC(=O)OC(C)(C)C)(C(=O)O)C(=O)O)OS(C)(=O)=O. The van der Waals surface area contributed by atoms with E-state index in [9.17, 15) is 33.0 Å². The van der Waals surface area contributed by atoms with E-state index < -0.39 is 51.8 Å². The van der Waals surface area contributed by atoms with E-state index in [0.717, 1.165) is 6.26 Å². The first-order valence-electron chi connectivity index (χ1n) is 6.95. The van der Waals surface area contributed by atoms with Crippen molar-refractivity contribution >= 4 is 28.1 Å². The quantitative estimate of drug-likeness (QED) is 0.411. The van der Waals surface area contributed by atoms with E-state index in [4.69, 9.17) is 4.74 Å². The first-order chi connectivity index (χ1) is 10.6. The van der Waals surface area contributed by atoms with Gasteiger partial charge in [-0.3, -0.25) is 9.50 Å². The van der Waals surface area contributed by atoms with Crippen molar-refractivity contribution in [2.75, 3.05) is 6.26 Å². The topological polar surface area (TPSA) is 156 Å². The summed E-state index contributed by atoms with van der Waals surface area (Å²) in [5.74, 6) is -3.63. The number of nitrogens with one attached hydrogen (secondary N) is 1. The van der Waals surface area contributed by atoms with Crippen LogP contribution in [0.25, 0.3) is 0 Å². The molecule has 0 saturated heterocycles. The number of carbonyl (C=O) groups is 3. The summed E-state index contributed by atoms with van der Waals surface area (Å²) in [5, 5.41) is 20.4. The van der Waals surface area contributed by atoms with Crippen LogP contribution in [0.3, 0.4) is 0 Å². The van der Waals surface area contributed by atoms with Crippen LogP contribution >= 0.6 is 0 Å². The summed E-state index contributed by atoms with van der Waals surface area (Å²) in [5.41, 5.74) is -3.63. The summed E-state index contributed by atoms with van der Waals surface area (Å²) >= 11 is 0. The van der Waals surface area contributed by atoms with Gasteiger partial charge in [0.05, 0.1) is 12.4 Å². The second kappa shape index (κ2) is 7.79. The maximum Gasteiger partial charge on any atom is 0.409 e. The molecule has 1 amide bonds. The van der Waals surface area contributed by atoms with Crippen LogP contribution < -0.4 is 5.32 Å². The van der Waals surface area contributed by atoms with Gasteiger partial charge >= 0.3 is 18.0 Å². The fraction of sp³-hybridized carbons (Fsp3) is 0.769. The molecule has 0 bridgehead atoms. The maximum absolute atomic E-state index is 11.8. The summed E-state index contributed by atoms with van der Waals surface area (Å²) in [6.45, 7) is 5.91. The zero-order valence-corrected chi connectivity index (χ0v) is 15.0. The number of alkyl carbamates (subject to hydrolysis) is 1. The van der Waals surface area contributed by atoms with Gasteiger partial charge in [0.2, 0.25) is 5.54 Å². The molecule has 1 atom stereocenters. The minimum atomic E-state index is -3.79. The second-order valence-corrected chi connectivity index (χ2v) is 7.89. The molecular weight excluding hydrogens is 346 g/mol. The third-order valence-electron chi connectivity index (χ3n) is 2.71. The minimum Gasteiger partial charge on any atom is -0.479 e. The van der Waals surface area contributed by atoms with Gasteiger partial charge in [0, 0.05) is 0 Å². The van der Waals surface area contributed by atoms with Gasteiger partial charge in [0.1, 0.15) is 5.60 Å². The average molecular weight is 369 g/mol. The van der Waals surface area contributed by atoms with E-state index in [1.807, 2.05) is 5.32 Å². The summed E-state index contributed by atoms with van der Waals surface area (Å²) < 4.78 is 31.5. The number of hydrogen-bond donors (Lipinski definition) is 3. The number of ether oxygens (including phenoxy) is 1. The molecule has 0 aromatic heterocycles. The van der Waals surface area contributed by atoms with Crippen molar-refractivity contribution in [2.24, 2.45) is 0 Å². The summed E-state index contributed by atoms with van der Waals surface area (Å²) in [4.78, 5) is 34.7. The molecule has 24 heavy (non-hydrogen) atoms. The fourth-order valence-electron chi connectivity index (χ4n) is 1.72. The molecule has 0 aromatic carbocycles. The number of carbonyl (C=O) groups excluding carboxylic acids is 1. The maximum atomic E-state index is 11.8. The highest BCUT2D eigenvalue weighted by molar-refractivity contribution is 7.86. The summed E-state index contributed by atoms with van der Waals surface area (Å²) in [7, 11) is -3.79. The van der Waals surface area contributed by atoms with Gasteiger partial charge in [-0.25, -0.2) is 14.4 Å². The molecule has 10 nitrogen and oxygen atoms in total. The molecule has 0 heterocycles. The lowest BCUT2D eigenvalue weighted by Crippen LogP contribution is -2.61. The highest BCUT2D eigenvalue weighted by atomic mass is 32.2. The van der Waals surface area contributed by atoms with E-state index in [1.54, 1.807) is 0 Å². The van der Waals surface area contributed by atoms with Crippen molar-refractivity contribution in [3.8, 4) is 0 Å². The van der Waals surface area contributed by atoms with Crippen molar-refractivity contribution in [3.63, 3.8) is 0 Å². The number of aliphatic carboxylic acids is 2. The minimum absolute atomic E-state index is 0.249. The van der Waals surface area contributed by atoms with Crippen LogP contribution in [0, 0.1) is 0 Å². The van der Waals surface area contributed by atoms with Crippen LogP contribution in [-0.2, 0) is 28.6 Å². The Balaban J connectivity index is 5.27. The molecule has 3 N–H and O–H groups in total. The van der Waals surface area contributed by atoms with E-state index in [1.165, 1.54) is 27.7 Å². The Bertz CT molecular complexity index is 577. The highest BCUT2D eigenvalue weighted by Crippen LogP contribution is 2.19. The fourth-order valence-corrected chi connectivity index (χ4v) is 2.41. The lowest BCUT2D eigenvalue weighted by Gasteiger charge is -2.29. The highest BCUT2D eigenvalue weighted by Gasteiger charge is 2.49. The Hall–Kier alpha value is -1.88. The Morgan fingerprint density at radius 2 is 1.58 bits per heavy atom. The van der Waals surface area contributed by atoms with E-state index in [0.29, 0.717) is 0 Å². The molecule has 0 rings (SSSR count). The Morgan fingerprint density at radius 1 is 1.12 bits per heavy atom. The van der Waals surface area contributed by atoms with Gasteiger partial charge in [-0.1, -0.05) is 0 Å². The predicted molar refractivity (Wildman–Crippen MR) is 82.0 cm³/mol. The van der Waals surface area contributed by atoms with E-state index in [-0.39, 0.29) is 6.42 Å². The normalized spacial score (nSPS) is 13.9. The van der Waals surface area contributed by atoms with Crippen LogP contribution in [0.4, 0.5) is 4.79 Å².